The van der Waals surface area contributed by atoms with Crippen LogP contribution in [0.2, 0.25) is 0 Å². The normalized spacial score (nSPS) is 24.7. The van der Waals surface area contributed by atoms with Gasteiger partial charge in [0.15, 0.2) is 0 Å². The third-order valence-electron chi connectivity index (χ3n) is 4.92. The minimum atomic E-state index is 0.0850. The van der Waals surface area contributed by atoms with Crippen LogP contribution in [0.25, 0.3) is 0 Å². The molecule has 2 aliphatic rings. The third-order valence-corrected chi connectivity index (χ3v) is 4.92. The number of hydrogen-bond acceptors (Lipinski definition) is 4. The number of pyridine rings is 2. The van der Waals surface area contributed by atoms with E-state index in [0.29, 0.717) is 6.42 Å². The molecule has 23 heavy (non-hydrogen) atoms. The summed E-state index contributed by atoms with van der Waals surface area (Å²) >= 11 is 0. The van der Waals surface area contributed by atoms with E-state index in [2.05, 4.69) is 27.0 Å². The number of carbonyl (C=O) groups is 1. The minimum Gasteiger partial charge on any atom is -0.298 e. The first-order valence-corrected chi connectivity index (χ1v) is 8.07. The molecule has 0 radical (unpaired) electrons. The zero-order valence-electron chi connectivity index (χ0n) is 13.1. The predicted molar refractivity (Wildman–Crippen MR) is 87.8 cm³/mol. The third kappa shape index (κ3) is 2.84. The number of hydrogen-bond donors (Lipinski definition) is 0. The van der Waals surface area contributed by atoms with E-state index in [1.807, 2.05) is 35.5 Å². The molecule has 4 heterocycles. The number of carbonyl (C=O) groups excluding carboxylic acids is 1. The number of likely N-dealkylation sites (tertiary alicyclic amines) is 1. The summed E-state index contributed by atoms with van der Waals surface area (Å²) in [6.07, 6.45) is 7.13. The molecule has 2 aliphatic heterocycles. The Bertz CT molecular complexity index is 691. The molecule has 2 aromatic heterocycles. The molecule has 118 valence electrons. The summed E-state index contributed by atoms with van der Waals surface area (Å²) in [6.45, 7) is 3.74. The standard InChI is InChI=1S/C18H20N4O/c23-17-11-18(14-22(17)16-3-1-2-7-20-16)6-10-21(13-18)12-15-4-8-19-9-5-15/h1-5,7-9H,6,10-14H2. The van der Waals surface area contributed by atoms with Crippen molar-refractivity contribution in [2.75, 3.05) is 24.5 Å². The Balaban J connectivity index is 1.45. The average molecular weight is 308 g/mol. The van der Waals surface area contributed by atoms with Crippen LogP contribution >= 0.6 is 0 Å². The van der Waals surface area contributed by atoms with Crippen LogP contribution in [0.1, 0.15) is 18.4 Å². The summed E-state index contributed by atoms with van der Waals surface area (Å²) in [5.41, 5.74) is 1.37. The molecule has 1 atom stereocenters. The summed E-state index contributed by atoms with van der Waals surface area (Å²) in [5, 5.41) is 0. The fourth-order valence-corrected chi connectivity index (χ4v) is 3.80. The zero-order chi connectivity index (χ0) is 15.7. The average Bonchev–Trinajstić information content (AvgIpc) is 3.12. The first-order chi connectivity index (χ1) is 11.2. The Morgan fingerprint density at radius 2 is 1.96 bits per heavy atom. The van der Waals surface area contributed by atoms with E-state index in [1.165, 1.54) is 5.56 Å². The molecule has 4 rings (SSSR count). The first-order valence-electron chi connectivity index (χ1n) is 8.07. The molecule has 0 aromatic carbocycles. The van der Waals surface area contributed by atoms with Gasteiger partial charge in [-0.3, -0.25) is 19.6 Å². The Labute approximate surface area is 136 Å². The second-order valence-corrected chi connectivity index (χ2v) is 6.66. The van der Waals surface area contributed by atoms with Gasteiger partial charge in [0.05, 0.1) is 0 Å². The van der Waals surface area contributed by atoms with E-state index >= 15 is 0 Å². The molecule has 2 fully saturated rings. The summed E-state index contributed by atoms with van der Waals surface area (Å²) in [7, 11) is 0. The van der Waals surface area contributed by atoms with Gasteiger partial charge < -0.3 is 0 Å². The van der Waals surface area contributed by atoms with E-state index in [1.54, 1.807) is 6.20 Å². The summed E-state index contributed by atoms with van der Waals surface area (Å²) in [5.74, 6) is 0.983. The van der Waals surface area contributed by atoms with Crippen LogP contribution in [0.3, 0.4) is 0 Å². The number of nitrogens with zero attached hydrogens (tertiary/aromatic N) is 4. The van der Waals surface area contributed by atoms with Crippen molar-refractivity contribution in [1.29, 1.82) is 0 Å². The van der Waals surface area contributed by atoms with Crippen LogP contribution in [-0.4, -0.2) is 40.4 Å². The van der Waals surface area contributed by atoms with Crippen LogP contribution in [-0.2, 0) is 11.3 Å². The van der Waals surface area contributed by atoms with Gasteiger partial charge in [-0.1, -0.05) is 6.07 Å². The second-order valence-electron chi connectivity index (χ2n) is 6.66. The van der Waals surface area contributed by atoms with E-state index in [9.17, 15) is 4.79 Å². The number of anilines is 1. The molecule has 2 saturated heterocycles. The summed E-state index contributed by atoms with van der Waals surface area (Å²) < 4.78 is 0. The highest BCUT2D eigenvalue weighted by Gasteiger charge is 2.47. The van der Waals surface area contributed by atoms with Crippen molar-refractivity contribution in [2.24, 2.45) is 5.41 Å². The van der Waals surface area contributed by atoms with Gasteiger partial charge in [-0.15, -0.1) is 0 Å². The lowest BCUT2D eigenvalue weighted by Crippen LogP contribution is -2.31. The van der Waals surface area contributed by atoms with Crippen molar-refractivity contribution < 1.29 is 4.79 Å². The van der Waals surface area contributed by atoms with Crippen molar-refractivity contribution in [3.05, 3.63) is 54.5 Å². The molecular weight excluding hydrogens is 288 g/mol. The molecule has 0 saturated carbocycles. The monoisotopic (exact) mass is 308 g/mol. The molecule has 0 bridgehead atoms. The van der Waals surface area contributed by atoms with Gasteiger partial charge in [-0.05, 0) is 42.8 Å². The van der Waals surface area contributed by atoms with E-state index < -0.39 is 0 Å². The van der Waals surface area contributed by atoms with Crippen LogP contribution in [0.4, 0.5) is 5.82 Å². The number of amides is 1. The van der Waals surface area contributed by atoms with Gasteiger partial charge >= 0.3 is 0 Å². The molecule has 0 N–H and O–H groups in total. The van der Waals surface area contributed by atoms with Gasteiger partial charge in [0.2, 0.25) is 5.91 Å². The van der Waals surface area contributed by atoms with Gasteiger partial charge in [0.1, 0.15) is 5.82 Å². The van der Waals surface area contributed by atoms with Crippen LogP contribution in [0.15, 0.2) is 48.9 Å². The summed E-state index contributed by atoms with van der Waals surface area (Å²) in [4.78, 5) is 25.2. The molecule has 5 nitrogen and oxygen atoms in total. The van der Waals surface area contributed by atoms with Crippen molar-refractivity contribution in [1.82, 2.24) is 14.9 Å². The minimum absolute atomic E-state index is 0.0850. The van der Waals surface area contributed by atoms with Gasteiger partial charge in [0.25, 0.3) is 0 Å². The molecule has 0 aliphatic carbocycles. The Morgan fingerprint density at radius 3 is 2.74 bits per heavy atom. The van der Waals surface area contributed by atoms with Crippen LogP contribution < -0.4 is 4.90 Å². The topological polar surface area (TPSA) is 49.3 Å². The lowest BCUT2D eigenvalue weighted by Gasteiger charge is -2.24. The second kappa shape index (κ2) is 5.74. The Hall–Kier alpha value is -2.27. The van der Waals surface area contributed by atoms with Gasteiger partial charge in [0, 0.05) is 50.1 Å². The fraction of sp³-hybridized carbons (Fsp3) is 0.389. The highest BCUT2D eigenvalue weighted by Crippen LogP contribution is 2.41. The number of aromatic nitrogens is 2. The lowest BCUT2D eigenvalue weighted by atomic mass is 9.86. The molecule has 1 unspecified atom stereocenters. The molecule has 1 amide bonds. The Kier molecular flexibility index (Phi) is 3.58. The van der Waals surface area contributed by atoms with E-state index in [-0.39, 0.29) is 11.3 Å². The smallest absolute Gasteiger partial charge is 0.228 e. The number of rotatable bonds is 3. The van der Waals surface area contributed by atoms with E-state index in [4.69, 9.17) is 0 Å². The largest absolute Gasteiger partial charge is 0.298 e. The van der Waals surface area contributed by atoms with Crippen molar-refractivity contribution in [3.8, 4) is 0 Å². The molecule has 1 spiro atoms. The van der Waals surface area contributed by atoms with Gasteiger partial charge in [-0.2, -0.15) is 0 Å². The maximum atomic E-state index is 12.5. The van der Waals surface area contributed by atoms with Gasteiger partial charge in [-0.25, -0.2) is 4.98 Å². The van der Waals surface area contributed by atoms with Crippen molar-refractivity contribution in [2.45, 2.75) is 19.4 Å². The highest BCUT2D eigenvalue weighted by molar-refractivity contribution is 5.95. The molecule has 5 heteroatoms. The molecular formula is C18H20N4O. The first kappa shape index (κ1) is 14.3. The van der Waals surface area contributed by atoms with Crippen LogP contribution in [0.5, 0.6) is 0 Å². The Morgan fingerprint density at radius 1 is 1.09 bits per heavy atom. The molecule has 2 aromatic rings. The summed E-state index contributed by atoms with van der Waals surface area (Å²) in [6, 6.07) is 9.85. The maximum absolute atomic E-state index is 12.5. The van der Waals surface area contributed by atoms with Crippen molar-refractivity contribution in [3.63, 3.8) is 0 Å². The quantitative estimate of drug-likeness (QED) is 0.871. The zero-order valence-corrected chi connectivity index (χ0v) is 13.1. The van der Waals surface area contributed by atoms with E-state index in [0.717, 1.165) is 38.4 Å². The maximum Gasteiger partial charge on any atom is 0.228 e. The predicted octanol–water partition coefficient (Wildman–Crippen LogP) is 2.11. The van der Waals surface area contributed by atoms with Crippen LogP contribution in [0, 0.1) is 5.41 Å². The fourth-order valence-electron chi connectivity index (χ4n) is 3.80. The SMILES string of the molecule is O=C1CC2(CCN(Cc3ccncc3)C2)CN1c1ccccn1. The lowest BCUT2D eigenvalue weighted by molar-refractivity contribution is -0.117. The highest BCUT2D eigenvalue weighted by atomic mass is 16.2. The van der Waals surface area contributed by atoms with Crippen molar-refractivity contribution >= 4 is 11.7 Å².